The van der Waals surface area contributed by atoms with Crippen molar-refractivity contribution in [2.24, 2.45) is 0 Å². The van der Waals surface area contributed by atoms with E-state index in [1.54, 1.807) is 11.1 Å². The second kappa shape index (κ2) is 6.24. The molecule has 0 saturated carbocycles. The van der Waals surface area contributed by atoms with Crippen molar-refractivity contribution in [2.75, 3.05) is 18.4 Å². The van der Waals surface area contributed by atoms with Gasteiger partial charge in [-0.3, -0.25) is 4.79 Å². The van der Waals surface area contributed by atoms with Gasteiger partial charge in [-0.1, -0.05) is 11.6 Å². The summed E-state index contributed by atoms with van der Waals surface area (Å²) < 4.78 is 0. The zero-order valence-corrected chi connectivity index (χ0v) is 12.7. The third-order valence-electron chi connectivity index (χ3n) is 3.89. The van der Waals surface area contributed by atoms with Crippen molar-refractivity contribution in [1.29, 1.82) is 5.26 Å². The predicted molar refractivity (Wildman–Crippen MR) is 84.6 cm³/mol. The van der Waals surface area contributed by atoms with E-state index in [0.717, 1.165) is 29.6 Å². The Kier molecular flexibility index (Phi) is 4.16. The summed E-state index contributed by atoms with van der Waals surface area (Å²) in [7, 11) is 0. The lowest BCUT2D eigenvalue weighted by molar-refractivity contribution is -0.131. The minimum Gasteiger partial charge on any atom is -0.379 e. The molecule has 1 saturated heterocycles. The molecule has 0 radical (unpaired) electrons. The van der Waals surface area contributed by atoms with Crippen molar-refractivity contribution < 1.29 is 4.79 Å². The van der Waals surface area contributed by atoms with Crippen molar-refractivity contribution in [3.05, 3.63) is 23.5 Å². The maximum absolute atomic E-state index is 11.9. The SMILES string of the molecule is N#CCC(=O)N1CCCC(Nc2c(Cl)cnc3[nH]ccc23)C1. The van der Waals surface area contributed by atoms with Gasteiger partial charge in [0.05, 0.1) is 23.0 Å². The second-order valence-corrected chi connectivity index (χ2v) is 5.79. The molecule has 6 nitrogen and oxygen atoms in total. The van der Waals surface area contributed by atoms with Gasteiger partial charge in [-0.25, -0.2) is 4.98 Å². The van der Waals surface area contributed by atoms with E-state index in [1.807, 2.05) is 18.3 Å². The Morgan fingerprint density at radius 3 is 3.32 bits per heavy atom. The molecule has 1 unspecified atom stereocenters. The van der Waals surface area contributed by atoms with Crippen LogP contribution in [-0.2, 0) is 4.79 Å². The van der Waals surface area contributed by atoms with E-state index in [1.165, 1.54) is 0 Å². The molecule has 2 aromatic rings. The second-order valence-electron chi connectivity index (χ2n) is 5.38. The number of anilines is 1. The van der Waals surface area contributed by atoms with Crippen molar-refractivity contribution in [2.45, 2.75) is 25.3 Å². The smallest absolute Gasteiger partial charge is 0.236 e. The molecule has 1 fully saturated rings. The van der Waals surface area contributed by atoms with Gasteiger partial charge in [-0.05, 0) is 18.9 Å². The minimum absolute atomic E-state index is 0.0647. The van der Waals surface area contributed by atoms with Crippen LogP contribution < -0.4 is 5.32 Å². The number of piperidine rings is 1. The molecule has 1 atom stereocenters. The summed E-state index contributed by atoms with van der Waals surface area (Å²) in [4.78, 5) is 20.9. The number of hydrogen-bond donors (Lipinski definition) is 2. The number of nitrogens with one attached hydrogen (secondary N) is 2. The van der Waals surface area contributed by atoms with Gasteiger partial charge < -0.3 is 15.2 Å². The number of aromatic amines is 1. The molecule has 3 rings (SSSR count). The molecule has 3 heterocycles. The van der Waals surface area contributed by atoms with Crippen LogP contribution in [0.2, 0.25) is 5.02 Å². The lowest BCUT2D eigenvalue weighted by Crippen LogP contribution is -2.45. The number of nitriles is 1. The summed E-state index contributed by atoms with van der Waals surface area (Å²) in [6, 6.07) is 3.96. The fourth-order valence-electron chi connectivity index (χ4n) is 2.84. The number of fused-ring (bicyclic) bond motifs is 1. The van der Waals surface area contributed by atoms with E-state index < -0.39 is 0 Å². The Balaban J connectivity index is 1.77. The average Bonchev–Trinajstić information content (AvgIpc) is 2.99. The van der Waals surface area contributed by atoms with E-state index in [-0.39, 0.29) is 18.4 Å². The summed E-state index contributed by atoms with van der Waals surface area (Å²) >= 11 is 6.27. The lowest BCUT2D eigenvalue weighted by atomic mass is 10.0. The first-order valence-electron chi connectivity index (χ1n) is 7.22. The number of rotatable bonds is 3. The fourth-order valence-corrected chi connectivity index (χ4v) is 3.04. The van der Waals surface area contributed by atoms with Crippen LogP contribution >= 0.6 is 11.6 Å². The normalized spacial score (nSPS) is 18.2. The molecule has 114 valence electrons. The number of likely N-dealkylation sites (tertiary alicyclic amines) is 1. The Hall–Kier alpha value is -2.26. The van der Waals surface area contributed by atoms with Gasteiger partial charge in [0.2, 0.25) is 5.91 Å². The number of carbonyl (C=O) groups is 1. The molecular weight excluding hydrogens is 302 g/mol. The van der Waals surface area contributed by atoms with Crippen LogP contribution in [0.25, 0.3) is 11.0 Å². The van der Waals surface area contributed by atoms with Gasteiger partial charge in [0.15, 0.2) is 0 Å². The number of amides is 1. The van der Waals surface area contributed by atoms with Gasteiger partial charge in [-0.2, -0.15) is 5.26 Å². The lowest BCUT2D eigenvalue weighted by Gasteiger charge is -2.33. The highest BCUT2D eigenvalue weighted by molar-refractivity contribution is 6.34. The summed E-state index contributed by atoms with van der Waals surface area (Å²) in [5.41, 5.74) is 1.62. The Bertz CT molecular complexity index is 735. The molecule has 1 amide bonds. The Morgan fingerprint density at radius 1 is 1.64 bits per heavy atom. The van der Waals surface area contributed by atoms with Crippen LogP contribution in [0.4, 0.5) is 5.69 Å². The number of hydrogen-bond acceptors (Lipinski definition) is 4. The Morgan fingerprint density at radius 2 is 2.50 bits per heavy atom. The molecule has 0 aliphatic carbocycles. The maximum Gasteiger partial charge on any atom is 0.236 e. The van der Waals surface area contributed by atoms with Crippen LogP contribution in [0.1, 0.15) is 19.3 Å². The first kappa shape index (κ1) is 14.7. The highest BCUT2D eigenvalue weighted by atomic mass is 35.5. The van der Waals surface area contributed by atoms with Crippen LogP contribution in [0.3, 0.4) is 0 Å². The van der Waals surface area contributed by atoms with Crippen molar-refractivity contribution >= 4 is 34.2 Å². The van der Waals surface area contributed by atoms with E-state index in [0.29, 0.717) is 18.1 Å². The van der Waals surface area contributed by atoms with Gasteiger partial charge in [-0.15, -0.1) is 0 Å². The van der Waals surface area contributed by atoms with Gasteiger partial charge in [0.25, 0.3) is 0 Å². The molecule has 2 aromatic heterocycles. The molecule has 0 spiro atoms. The summed E-state index contributed by atoms with van der Waals surface area (Å²) in [6.07, 6.45) is 5.24. The van der Waals surface area contributed by atoms with Crippen LogP contribution in [0.15, 0.2) is 18.5 Å². The van der Waals surface area contributed by atoms with Gasteiger partial charge in [0, 0.05) is 30.7 Å². The van der Waals surface area contributed by atoms with E-state index >= 15 is 0 Å². The largest absolute Gasteiger partial charge is 0.379 e. The molecule has 2 N–H and O–H groups in total. The topological polar surface area (TPSA) is 84.8 Å². The first-order valence-corrected chi connectivity index (χ1v) is 7.59. The molecule has 22 heavy (non-hydrogen) atoms. The van der Waals surface area contributed by atoms with Gasteiger partial charge in [0.1, 0.15) is 12.1 Å². The first-order chi connectivity index (χ1) is 10.7. The fraction of sp³-hybridized carbons (Fsp3) is 0.400. The molecule has 0 bridgehead atoms. The monoisotopic (exact) mass is 317 g/mol. The standard InChI is InChI=1S/C15H16ClN5O/c16-12-8-19-15-11(4-6-18-15)14(12)20-10-2-1-7-21(9-10)13(22)3-5-17/h4,6,8,10H,1-3,7,9H2,(H2,18,19,20). The molecule has 7 heteroatoms. The molecule has 0 aromatic carbocycles. The number of halogens is 1. The van der Waals surface area contributed by atoms with Crippen molar-refractivity contribution in [3.63, 3.8) is 0 Å². The number of carbonyl (C=O) groups excluding carboxylic acids is 1. The summed E-state index contributed by atoms with van der Waals surface area (Å²) in [6.45, 7) is 1.30. The minimum atomic E-state index is -0.110. The van der Waals surface area contributed by atoms with Crippen molar-refractivity contribution in [3.8, 4) is 6.07 Å². The highest BCUT2D eigenvalue weighted by Gasteiger charge is 2.24. The number of pyridine rings is 1. The zero-order valence-electron chi connectivity index (χ0n) is 12.0. The Labute approximate surface area is 133 Å². The maximum atomic E-state index is 11.9. The third-order valence-corrected chi connectivity index (χ3v) is 4.18. The molecular formula is C15H16ClN5O. The van der Waals surface area contributed by atoms with Crippen LogP contribution in [-0.4, -0.2) is 39.9 Å². The molecule has 1 aliphatic rings. The number of aromatic nitrogens is 2. The van der Waals surface area contributed by atoms with Gasteiger partial charge >= 0.3 is 0 Å². The molecule has 1 aliphatic heterocycles. The number of nitrogens with zero attached hydrogens (tertiary/aromatic N) is 3. The van der Waals surface area contributed by atoms with Crippen LogP contribution in [0.5, 0.6) is 0 Å². The van der Waals surface area contributed by atoms with Crippen molar-refractivity contribution in [1.82, 2.24) is 14.9 Å². The van der Waals surface area contributed by atoms with E-state index in [2.05, 4.69) is 15.3 Å². The quantitative estimate of drug-likeness (QED) is 0.911. The third kappa shape index (κ3) is 2.85. The average molecular weight is 318 g/mol. The van der Waals surface area contributed by atoms with E-state index in [9.17, 15) is 4.79 Å². The summed E-state index contributed by atoms with van der Waals surface area (Å²) in [5, 5.41) is 13.6. The number of H-pyrrole nitrogens is 1. The van der Waals surface area contributed by atoms with E-state index in [4.69, 9.17) is 16.9 Å². The summed E-state index contributed by atoms with van der Waals surface area (Å²) in [5.74, 6) is -0.110. The predicted octanol–water partition coefficient (Wildman–Crippen LogP) is 2.53. The zero-order chi connectivity index (χ0) is 15.5. The highest BCUT2D eigenvalue weighted by Crippen LogP contribution is 2.30. The van der Waals surface area contributed by atoms with Crippen LogP contribution in [0, 0.1) is 11.3 Å².